The summed E-state index contributed by atoms with van der Waals surface area (Å²) in [6.07, 6.45) is 19.2. The zero-order valence-electron chi connectivity index (χ0n) is 21.5. The zero-order chi connectivity index (χ0) is 24.2. The molecule has 6 heteroatoms. The van der Waals surface area contributed by atoms with E-state index >= 15 is 0 Å². The summed E-state index contributed by atoms with van der Waals surface area (Å²) in [6.45, 7) is 6.45. The van der Waals surface area contributed by atoms with Gasteiger partial charge in [-0.1, -0.05) is 97.0 Å². The lowest BCUT2D eigenvalue weighted by atomic mass is 10.0. The minimum atomic E-state index is -1.75. The SMILES string of the molecule is C=C(CCCCCCCCCCCCCCCC)C(=O)OCCP(O)C(=O)C[N+](C)(C)C. The van der Waals surface area contributed by atoms with E-state index in [1.54, 1.807) is 0 Å². The summed E-state index contributed by atoms with van der Waals surface area (Å²) in [5.74, 6) is -0.401. The topological polar surface area (TPSA) is 63.6 Å². The Hall–Kier alpha value is -0.770. The quantitative estimate of drug-likeness (QED) is 0.0635. The first kappa shape index (κ1) is 31.2. The third-order valence-electron chi connectivity index (χ3n) is 5.55. The molecule has 1 atom stereocenters. The molecule has 0 saturated heterocycles. The summed E-state index contributed by atoms with van der Waals surface area (Å²) < 4.78 is 5.66. The summed E-state index contributed by atoms with van der Waals surface area (Å²) in [5.41, 5.74) is 0.327. The average molecular weight is 473 g/mol. The summed E-state index contributed by atoms with van der Waals surface area (Å²) >= 11 is 0. The Kier molecular flexibility index (Phi) is 19.2. The highest BCUT2D eigenvalue weighted by Gasteiger charge is 2.22. The molecule has 5 nitrogen and oxygen atoms in total. The second-order valence-corrected chi connectivity index (χ2v) is 11.8. The Labute approximate surface area is 199 Å². The second-order valence-electron chi connectivity index (χ2n) is 10.1. The van der Waals surface area contributed by atoms with Crippen LogP contribution in [0.15, 0.2) is 12.2 Å². The van der Waals surface area contributed by atoms with E-state index in [2.05, 4.69) is 13.5 Å². The molecule has 0 aliphatic rings. The number of nitrogens with zero attached hydrogens (tertiary/aromatic N) is 1. The van der Waals surface area contributed by atoms with Crippen LogP contribution in [0.2, 0.25) is 0 Å². The van der Waals surface area contributed by atoms with Gasteiger partial charge < -0.3 is 14.1 Å². The van der Waals surface area contributed by atoms with Gasteiger partial charge in [-0.3, -0.25) is 4.79 Å². The summed E-state index contributed by atoms with van der Waals surface area (Å²) in [6, 6.07) is 0. The lowest BCUT2D eigenvalue weighted by Crippen LogP contribution is -2.39. The first-order chi connectivity index (χ1) is 15.2. The van der Waals surface area contributed by atoms with Crippen LogP contribution in [0.3, 0.4) is 0 Å². The van der Waals surface area contributed by atoms with Gasteiger partial charge in [0.15, 0.2) is 0 Å². The molecule has 0 saturated carbocycles. The number of esters is 1. The van der Waals surface area contributed by atoms with Crippen LogP contribution in [0.1, 0.15) is 103 Å². The number of likely N-dealkylation sites (N-methyl/N-ethyl adjacent to an activating group) is 1. The molecule has 0 aromatic heterocycles. The molecular weight excluding hydrogens is 421 g/mol. The Bertz CT molecular complexity index is 516. The lowest BCUT2D eigenvalue weighted by Gasteiger charge is -2.23. The van der Waals surface area contributed by atoms with Gasteiger partial charge in [0.25, 0.3) is 0 Å². The van der Waals surface area contributed by atoms with Crippen molar-refractivity contribution in [1.82, 2.24) is 0 Å². The van der Waals surface area contributed by atoms with Crippen molar-refractivity contribution in [2.75, 3.05) is 40.5 Å². The summed E-state index contributed by atoms with van der Waals surface area (Å²) in [7, 11) is 3.97. The van der Waals surface area contributed by atoms with E-state index in [-0.39, 0.29) is 24.8 Å². The van der Waals surface area contributed by atoms with E-state index in [1.807, 2.05) is 21.1 Å². The van der Waals surface area contributed by atoms with Crippen LogP contribution in [0.25, 0.3) is 0 Å². The molecule has 1 unspecified atom stereocenters. The highest BCUT2D eigenvalue weighted by atomic mass is 31.1. The maximum atomic E-state index is 12.0. The molecule has 0 fully saturated rings. The number of rotatable bonds is 22. The Morgan fingerprint density at radius 3 is 1.69 bits per heavy atom. The van der Waals surface area contributed by atoms with E-state index in [0.29, 0.717) is 16.5 Å². The third kappa shape index (κ3) is 19.9. The fourth-order valence-corrected chi connectivity index (χ4v) is 4.68. The van der Waals surface area contributed by atoms with Gasteiger partial charge in [0.1, 0.15) is 14.7 Å². The molecule has 0 rings (SSSR count). The van der Waals surface area contributed by atoms with Crippen LogP contribution in [-0.2, 0) is 14.3 Å². The Balaban J connectivity index is 3.56. The maximum absolute atomic E-state index is 12.0. The molecule has 0 spiro atoms. The van der Waals surface area contributed by atoms with Gasteiger partial charge in [0.2, 0.25) is 5.52 Å². The van der Waals surface area contributed by atoms with E-state index in [0.717, 1.165) is 12.8 Å². The van der Waals surface area contributed by atoms with E-state index < -0.39 is 14.1 Å². The third-order valence-corrected chi connectivity index (χ3v) is 6.88. The Morgan fingerprint density at radius 2 is 1.25 bits per heavy atom. The maximum Gasteiger partial charge on any atom is 0.333 e. The van der Waals surface area contributed by atoms with Crippen LogP contribution in [-0.4, -0.2) is 61.3 Å². The van der Waals surface area contributed by atoms with E-state index in [1.165, 1.54) is 77.0 Å². The fourth-order valence-electron chi connectivity index (χ4n) is 3.57. The Morgan fingerprint density at radius 1 is 0.812 bits per heavy atom. The number of quaternary nitrogens is 1. The minimum Gasteiger partial charge on any atom is -0.462 e. The van der Waals surface area contributed by atoms with Gasteiger partial charge in [-0.05, 0) is 12.8 Å². The molecule has 0 aliphatic carbocycles. The van der Waals surface area contributed by atoms with Gasteiger partial charge in [-0.2, -0.15) is 0 Å². The predicted molar refractivity (Wildman–Crippen MR) is 137 cm³/mol. The number of hydrogen-bond donors (Lipinski definition) is 1. The minimum absolute atomic E-state index is 0.0711. The molecule has 188 valence electrons. The molecule has 0 aliphatic heterocycles. The van der Waals surface area contributed by atoms with Crippen LogP contribution >= 0.6 is 8.15 Å². The molecular formula is C26H51NO4P+. The van der Waals surface area contributed by atoms with Crippen LogP contribution in [0.4, 0.5) is 0 Å². The fraction of sp³-hybridized carbons (Fsp3) is 0.846. The van der Waals surface area contributed by atoms with Crippen molar-refractivity contribution in [1.29, 1.82) is 0 Å². The summed E-state index contributed by atoms with van der Waals surface area (Å²) in [4.78, 5) is 33.9. The van der Waals surface area contributed by atoms with Crippen molar-refractivity contribution in [3.05, 3.63) is 12.2 Å². The standard InChI is InChI=1S/C26H51NO4P/c1-6-7-8-9-10-11-12-13-14-15-16-17-18-19-20-24(2)26(29)31-21-22-32(30)25(28)23-27(3,4)5/h30H,2,6-23H2,1,3-5H3/q+1. The average Bonchev–Trinajstić information content (AvgIpc) is 2.72. The van der Waals surface area contributed by atoms with Crippen molar-refractivity contribution in [2.24, 2.45) is 0 Å². The van der Waals surface area contributed by atoms with Crippen molar-refractivity contribution in [2.45, 2.75) is 103 Å². The lowest BCUT2D eigenvalue weighted by molar-refractivity contribution is -0.861. The van der Waals surface area contributed by atoms with Gasteiger partial charge in [0.05, 0.1) is 27.7 Å². The van der Waals surface area contributed by atoms with Gasteiger partial charge in [-0.15, -0.1) is 0 Å². The largest absolute Gasteiger partial charge is 0.462 e. The van der Waals surface area contributed by atoms with Crippen molar-refractivity contribution in [3.8, 4) is 0 Å². The second kappa shape index (κ2) is 19.7. The number of unbranched alkanes of at least 4 members (excludes halogenated alkanes) is 13. The highest BCUT2D eigenvalue weighted by Crippen LogP contribution is 2.31. The molecule has 0 heterocycles. The van der Waals surface area contributed by atoms with Crippen molar-refractivity contribution >= 4 is 19.6 Å². The smallest absolute Gasteiger partial charge is 0.333 e. The normalized spacial score (nSPS) is 12.5. The first-order valence-electron chi connectivity index (χ1n) is 12.8. The van der Waals surface area contributed by atoms with Gasteiger partial charge >= 0.3 is 5.97 Å². The first-order valence-corrected chi connectivity index (χ1v) is 14.3. The highest BCUT2D eigenvalue weighted by molar-refractivity contribution is 7.69. The molecule has 0 aromatic carbocycles. The van der Waals surface area contributed by atoms with Crippen molar-refractivity contribution < 1.29 is 23.7 Å². The van der Waals surface area contributed by atoms with Crippen LogP contribution in [0, 0.1) is 0 Å². The van der Waals surface area contributed by atoms with Crippen molar-refractivity contribution in [3.63, 3.8) is 0 Å². The van der Waals surface area contributed by atoms with Gasteiger partial charge in [0, 0.05) is 11.7 Å². The molecule has 0 radical (unpaired) electrons. The molecule has 32 heavy (non-hydrogen) atoms. The molecule has 0 bridgehead atoms. The summed E-state index contributed by atoms with van der Waals surface area (Å²) in [5, 5.41) is 0. The molecule has 0 amide bonds. The number of carbonyl (C=O) groups is 2. The number of carbonyl (C=O) groups excluding carboxylic acids is 2. The van der Waals surface area contributed by atoms with E-state index in [4.69, 9.17) is 4.74 Å². The predicted octanol–water partition coefficient (Wildman–Crippen LogP) is 6.58. The van der Waals surface area contributed by atoms with Crippen LogP contribution in [0.5, 0.6) is 0 Å². The van der Waals surface area contributed by atoms with E-state index in [9.17, 15) is 14.5 Å². The molecule has 1 N–H and O–H groups in total. The molecule has 0 aromatic rings. The number of ether oxygens (including phenoxy) is 1. The van der Waals surface area contributed by atoms with Crippen LogP contribution < -0.4 is 0 Å². The monoisotopic (exact) mass is 472 g/mol. The van der Waals surface area contributed by atoms with Gasteiger partial charge in [-0.25, -0.2) is 4.79 Å². The number of hydrogen-bond acceptors (Lipinski definition) is 4. The zero-order valence-corrected chi connectivity index (χ0v) is 22.4.